The highest BCUT2D eigenvalue weighted by molar-refractivity contribution is 5.90. The third kappa shape index (κ3) is 3.80. The first-order chi connectivity index (χ1) is 14.3. The van der Waals surface area contributed by atoms with Crippen LogP contribution in [0.5, 0.6) is 0 Å². The molecule has 1 saturated carbocycles. The van der Waals surface area contributed by atoms with Crippen molar-refractivity contribution in [2.24, 2.45) is 0 Å². The third-order valence-corrected chi connectivity index (χ3v) is 5.23. The average Bonchev–Trinajstić information content (AvgIpc) is 3.53. The summed E-state index contributed by atoms with van der Waals surface area (Å²) >= 11 is 0. The molecule has 0 saturated heterocycles. The number of hydrogen-bond acceptors (Lipinski definition) is 3. The minimum Gasteiger partial charge on any atom is -0.334 e. The van der Waals surface area contributed by atoms with Crippen LogP contribution >= 0.6 is 0 Å². The molecule has 0 bridgehead atoms. The minimum atomic E-state index is -0.249. The van der Waals surface area contributed by atoms with Gasteiger partial charge in [-0.2, -0.15) is 0 Å². The van der Waals surface area contributed by atoms with Crippen molar-refractivity contribution < 1.29 is 4.79 Å². The highest BCUT2D eigenvalue weighted by atomic mass is 16.2. The number of nitrogens with one attached hydrogen (secondary N) is 2. The SMILES string of the molecule is O=C(Nc1cnc2ccc(-c3ccccc3)cc2n1)N[C@H]1CC1c1ccccc1. The molecule has 1 heterocycles. The van der Waals surface area contributed by atoms with Crippen LogP contribution in [-0.2, 0) is 0 Å². The normalized spacial score (nSPS) is 17.7. The number of carbonyl (C=O) groups excluding carboxylic acids is 1. The van der Waals surface area contributed by atoms with Crippen LogP contribution in [0.4, 0.5) is 10.6 Å². The molecule has 1 aliphatic carbocycles. The van der Waals surface area contributed by atoms with Gasteiger partial charge in [-0.15, -0.1) is 0 Å². The van der Waals surface area contributed by atoms with Crippen molar-refractivity contribution in [2.45, 2.75) is 18.4 Å². The fourth-order valence-electron chi connectivity index (χ4n) is 3.63. The third-order valence-electron chi connectivity index (χ3n) is 5.23. The molecule has 3 aromatic carbocycles. The fourth-order valence-corrected chi connectivity index (χ4v) is 3.63. The number of fused-ring (bicyclic) bond motifs is 1. The Kier molecular flexibility index (Phi) is 4.41. The van der Waals surface area contributed by atoms with Crippen molar-refractivity contribution in [3.63, 3.8) is 0 Å². The second-order valence-corrected chi connectivity index (χ2v) is 7.28. The van der Waals surface area contributed by atoms with E-state index < -0.39 is 0 Å². The molecule has 0 aliphatic heterocycles. The molecule has 0 radical (unpaired) electrons. The molecule has 0 spiro atoms. The highest BCUT2D eigenvalue weighted by Crippen LogP contribution is 2.40. The molecule has 2 atom stereocenters. The number of nitrogens with zero attached hydrogens (tertiary/aromatic N) is 2. The lowest BCUT2D eigenvalue weighted by molar-refractivity contribution is 0.251. The zero-order valence-corrected chi connectivity index (χ0v) is 15.7. The molecule has 1 aromatic heterocycles. The molecular weight excluding hydrogens is 360 g/mol. The summed E-state index contributed by atoms with van der Waals surface area (Å²) in [6.07, 6.45) is 2.55. The number of benzene rings is 3. The van der Waals surface area contributed by atoms with Crippen LogP contribution in [0.2, 0.25) is 0 Å². The van der Waals surface area contributed by atoms with Crippen LogP contribution in [0.15, 0.2) is 85.1 Å². The molecule has 1 unspecified atom stereocenters. The zero-order chi connectivity index (χ0) is 19.6. The second-order valence-electron chi connectivity index (χ2n) is 7.28. The van der Waals surface area contributed by atoms with Gasteiger partial charge >= 0.3 is 6.03 Å². The van der Waals surface area contributed by atoms with E-state index in [1.165, 1.54) is 5.56 Å². The Bertz CT molecular complexity index is 1160. The molecule has 5 heteroatoms. The van der Waals surface area contributed by atoms with E-state index in [1.807, 2.05) is 54.6 Å². The molecule has 1 aliphatic rings. The van der Waals surface area contributed by atoms with Crippen molar-refractivity contribution in [1.82, 2.24) is 15.3 Å². The number of urea groups is 1. The summed E-state index contributed by atoms with van der Waals surface area (Å²) in [5.41, 5.74) is 4.99. The van der Waals surface area contributed by atoms with Crippen LogP contribution in [0.25, 0.3) is 22.2 Å². The van der Waals surface area contributed by atoms with E-state index in [1.54, 1.807) is 6.20 Å². The smallest absolute Gasteiger partial charge is 0.320 e. The molecule has 2 N–H and O–H groups in total. The van der Waals surface area contributed by atoms with Gasteiger partial charge in [-0.25, -0.2) is 9.78 Å². The summed E-state index contributed by atoms with van der Waals surface area (Å²) in [6, 6.07) is 26.3. The van der Waals surface area contributed by atoms with Crippen molar-refractivity contribution >= 4 is 22.9 Å². The quantitative estimate of drug-likeness (QED) is 0.525. The summed E-state index contributed by atoms with van der Waals surface area (Å²) < 4.78 is 0. The number of hydrogen-bond donors (Lipinski definition) is 2. The maximum atomic E-state index is 12.4. The van der Waals surface area contributed by atoms with Gasteiger partial charge in [0.1, 0.15) is 0 Å². The van der Waals surface area contributed by atoms with Crippen LogP contribution in [-0.4, -0.2) is 22.0 Å². The first-order valence-corrected chi connectivity index (χ1v) is 9.71. The predicted molar refractivity (Wildman–Crippen MR) is 115 cm³/mol. The van der Waals surface area contributed by atoms with Gasteiger partial charge < -0.3 is 5.32 Å². The van der Waals surface area contributed by atoms with Crippen LogP contribution in [0.3, 0.4) is 0 Å². The number of carbonyl (C=O) groups is 1. The summed E-state index contributed by atoms with van der Waals surface area (Å²) in [7, 11) is 0. The van der Waals surface area contributed by atoms with Gasteiger partial charge in [-0.3, -0.25) is 10.3 Å². The van der Waals surface area contributed by atoms with E-state index in [4.69, 9.17) is 0 Å². The Hall–Kier alpha value is -3.73. The van der Waals surface area contributed by atoms with Gasteiger partial charge in [0.05, 0.1) is 17.2 Å². The minimum absolute atomic E-state index is 0.162. The van der Waals surface area contributed by atoms with E-state index in [0.717, 1.165) is 28.6 Å². The van der Waals surface area contributed by atoms with Gasteiger partial charge in [-0.1, -0.05) is 66.7 Å². The summed E-state index contributed by atoms with van der Waals surface area (Å²) in [4.78, 5) is 21.4. The van der Waals surface area contributed by atoms with Crippen LogP contribution in [0.1, 0.15) is 17.9 Å². The molecular formula is C24H20N4O. The lowest BCUT2D eigenvalue weighted by atomic mass is 10.1. The van der Waals surface area contributed by atoms with E-state index in [-0.39, 0.29) is 12.1 Å². The Morgan fingerprint density at radius 2 is 1.62 bits per heavy atom. The van der Waals surface area contributed by atoms with E-state index in [9.17, 15) is 4.79 Å². The Morgan fingerprint density at radius 1 is 0.862 bits per heavy atom. The largest absolute Gasteiger partial charge is 0.334 e. The van der Waals surface area contributed by atoms with E-state index >= 15 is 0 Å². The molecule has 1 fully saturated rings. The Labute approximate surface area is 168 Å². The Morgan fingerprint density at radius 3 is 2.41 bits per heavy atom. The molecule has 5 nitrogen and oxygen atoms in total. The fraction of sp³-hybridized carbons (Fsp3) is 0.125. The van der Waals surface area contributed by atoms with Crippen molar-refractivity contribution in [3.8, 4) is 11.1 Å². The molecule has 142 valence electrons. The van der Waals surface area contributed by atoms with Gasteiger partial charge in [0.2, 0.25) is 0 Å². The first kappa shape index (κ1) is 17.4. The van der Waals surface area contributed by atoms with Crippen LogP contribution < -0.4 is 10.6 Å². The molecule has 5 rings (SSSR count). The highest BCUT2D eigenvalue weighted by Gasteiger charge is 2.39. The number of aromatic nitrogens is 2. The van der Waals surface area contributed by atoms with Crippen molar-refractivity contribution in [3.05, 3.63) is 90.6 Å². The molecule has 4 aromatic rings. The monoisotopic (exact) mass is 380 g/mol. The standard InChI is InChI=1S/C24H20N4O/c29-24(27-21-14-19(21)17-9-5-2-6-10-17)28-23-15-25-20-12-11-18(13-22(20)26-23)16-7-3-1-4-8-16/h1-13,15,19,21H,14H2,(H2,26,27,28,29)/t19?,21-/m0/s1. The van der Waals surface area contributed by atoms with Crippen molar-refractivity contribution in [2.75, 3.05) is 5.32 Å². The maximum absolute atomic E-state index is 12.4. The first-order valence-electron chi connectivity index (χ1n) is 9.71. The van der Waals surface area contributed by atoms with E-state index in [2.05, 4.69) is 44.9 Å². The summed E-state index contributed by atoms with van der Waals surface area (Å²) in [5, 5.41) is 5.83. The van der Waals surface area contributed by atoms with Gasteiger partial charge in [0, 0.05) is 12.0 Å². The zero-order valence-electron chi connectivity index (χ0n) is 15.7. The lowest BCUT2D eigenvalue weighted by Gasteiger charge is -2.08. The predicted octanol–water partition coefficient (Wildman–Crippen LogP) is 4.97. The number of rotatable bonds is 4. The average molecular weight is 380 g/mol. The summed E-state index contributed by atoms with van der Waals surface area (Å²) in [6.45, 7) is 0. The number of anilines is 1. The van der Waals surface area contributed by atoms with Gasteiger partial charge in [0.25, 0.3) is 0 Å². The Balaban J connectivity index is 1.28. The van der Waals surface area contributed by atoms with Gasteiger partial charge in [0.15, 0.2) is 5.82 Å². The lowest BCUT2D eigenvalue weighted by Crippen LogP contribution is -2.31. The molecule has 2 amide bonds. The number of amides is 2. The molecule has 29 heavy (non-hydrogen) atoms. The maximum Gasteiger partial charge on any atom is 0.320 e. The van der Waals surface area contributed by atoms with Crippen molar-refractivity contribution in [1.29, 1.82) is 0 Å². The second kappa shape index (κ2) is 7.36. The van der Waals surface area contributed by atoms with E-state index in [0.29, 0.717) is 11.7 Å². The van der Waals surface area contributed by atoms with Gasteiger partial charge in [-0.05, 0) is 35.2 Å². The summed E-state index contributed by atoms with van der Waals surface area (Å²) in [5.74, 6) is 0.829. The van der Waals surface area contributed by atoms with Crippen LogP contribution in [0, 0.1) is 0 Å². The topological polar surface area (TPSA) is 66.9 Å².